The Morgan fingerprint density at radius 3 is 2.48 bits per heavy atom. The molecule has 0 aliphatic heterocycles. The highest BCUT2D eigenvalue weighted by atomic mass is 79.9. The van der Waals surface area contributed by atoms with Gasteiger partial charge in [-0.2, -0.15) is 0 Å². The Bertz CT molecular complexity index is 1070. The molecule has 0 fully saturated rings. The summed E-state index contributed by atoms with van der Waals surface area (Å²) in [7, 11) is 0. The topological polar surface area (TPSA) is 84.2 Å². The maximum absolute atomic E-state index is 12.2. The zero-order valence-electron chi connectivity index (χ0n) is 17.8. The van der Waals surface area contributed by atoms with Crippen molar-refractivity contribution in [2.75, 3.05) is 12.3 Å². The van der Waals surface area contributed by atoms with Gasteiger partial charge in [0.25, 0.3) is 5.91 Å². The SMILES string of the molecule is CC(C)(C)C(C(=O)O)n1c(SCCCNC(=O)c2ccc(Br)cc2)nc2ccccc21. The number of nitrogens with one attached hydrogen (secondary N) is 1. The number of carbonyl (C=O) groups excluding carboxylic acids is 1. The highest BCUT2D eigenvalue weighted by molar-refractivity contribution is 9.10. The number of fused-ring (bicyclic) bond motifs is 1. The summed E-state index contributed by atoms with van der Waals surface area (Å²) in [4.78, 5) is 29.0. The van der Waals surface area contributed by atoms with E-state index in [1.165, 1.54) is 11.8 Å². The number of rotatable bonds is 8. The Morgan fingerprint density at radius 1 is 1.16 bits per heavy atom. The molecule has 1 atom stereocenters. The van der Waals surface area contributed by atoms with Crippen LogP contribution in [0.2, 0.25) is 0 Å². The maximum atomic E-state index is 12.2. The molecule has 1 aromatic heterocycles. The van der Waals surface area contributed by atoms with Gasteiger partial charge in [0.1, 0.15) is 6.04 Å². The smallest absolute Gasteiger partial charge is 0.327 e. The highest BCUT2D eigenvalue weighted by Gasteiger charge is 2.35. The normalized spacial score (nSPS) is 12.6. The molecule has 0 saturated heterocycles. The van der Waals surface area contributed by atoms with Crippen LogP contribution in [0.15, 0.2) is 58.2 Å². The summed E-state index contributed by atoms with van der Waals surface area (Å²) in [5.74, 6) is -0.275. The molecule has 0 aliphatic rings. The number of imidazole rings is 1. The van der Waals surface area contributed by atoms with E-state index in [2.05, 4.69) is 26.2 Å². The van der Waals surface area contributed by atoms with Gasteiger partial charge < -0.3 is 15.0 Å². The number of nitrogens with zero attached hydrogens (tertiary/aromatic N) is 2. The van der Waals surface area contributed by atoms with Crippen LogP contribution in [0, 0.1) is 5.41 Å². The lowest BCUT2D eigenvalue weighted by atomic mass is 9.86. The predicted molar refractivity (Wildman–Crippen MR) is 128 cm³/mol. The van der Waals surface area contributed by atoms with Crippen LogP contribution in [-0.4, -0.2) is 38.8 Å². The van der Waals surface area contributed by atoms with E-state index in [0.29, 0.717) is 23.0 Å². The van der Waals surface area contributed by atoms with E-state index in [1.54, 1.807) is 12.1 Å². The molecule has 3 rings (SSSR count). The summed E-state index contributed by atoms with van der Waals surface area (Å²) in [6.07, 6.45) is 0.739. The number of carboxylic acids is 1. The summed E-state index contributed by atoms with van der Waals surface area (Å²) in [5.41, 5.74) is 1.73. The van der Waals surface area contributed by atoms with Crippen LogP contribution in [0.4, 0.5) is 0 Å². The number of amides is 1. The van der Waals surface area contributed by atoms with Crippen LogP contribution in [-0.2, 0) is 4.79 Å². The van der Waals surface area contributed by atoms with Gasteiger partial charge in [0.2, 0.25) is 0 Å². The number of carbonyl (C=O) groups is 2. The van der Waals surface area contributed by atoms with Gasteiger partial charge in [-0.15, -0.1) is 0 Å². The van der Waals surface area contributed by atoms with Crippen molar-refractivity contribution in [1.29, 1.82) is 0 Å². The van der Waals surface area contributed by atoms with Gasteiger partial charge in [-0.25, -0.2) is 9.78 Å². The lowest BCUT2D eigenvalue weighted by Gasteiger charge is -2.29. The molecule has 1 amide bonds. The van der Waals surface area contributed by atoms with Crippen molar-refractivity contribution in [3.63, 3.8) is 0 Å². The van der Waals surface area contributed by atoms with Gasteiger partial charge in [0, 0.05) is 22.3 Å². The Balaban J connectivity index is 1.68. The quantitative estimate of drug-likeness (QED) is 0.318. The van der Waals surface area contributed by atoms with E-state index in [0.717, 1.165) is 21.9 Å². The third-order valence-corrected chi connectivity index (χ3v) is 6.39. The van der Waals surface area contributed by atoms with Crippen molar-refractivity contribution in [1.82, 2.24) is 14.9 Å². The summed E-state index contributed by atoms with van der Waals surface area (Å²) in [6, 6.07) is 14.1. The van der Waals surface area contributed by atoms with Gasteiger partial charge >= 0.3 is 5.97 Å². The molecular weight excluding hydrogens is 478 g/mol. The summed E-state index contributed by atoms with van der Waals surface area (Å²) < 4.78 is 2.77. The molecule has 0 bridgehead atoms. The molecule has 0 aliphatic carbocycles. The van der Waals surface area contributed by atoms with Crippen molar-refractivity contribution in [3.05, 3.63) is 58.6 Å². The van der Waals surface area contributed by atoms with Crippen LogP contribution < -0.4 is 5.32 Å². The Labute approximate surface area is 194 Å². The first-order valence-corrected chi connectivity index (χ1v) is 11.8. The fraction of sp³-hybridized carbons (Fsp3) is 0.348. The Morgan fingerprint density at radius 2 is 1.84 bits per heavy atom. The molecule has 3 aromatic rings. The van der Waals surface area contributed by atoms with Gasteiger partial charge in [-0.1, -0.05) is 60.6 Å². The minimum atomic E-state index is -0.876. The van der Waals surface area contributed by atoms with Gasteiger partial charge in [0.05, 0.1) is 11.0 Å². The minimum absolute atomic E-state index is 0.108. The number of hydrogen-bond acceptors (Lipinski definition) is 4. The first kappa shape index (κ1) is 23.3. The molecule has 0 saturated carbocycles. The first-order valence-electron chi connectivity index (χ1n) is 10.0. The average molecular weight is 504 g/mol. The zero-order valence-corrected chi connectivity index (χ0v) is 20.2. The molecule has 6 nitrogen and oxygen atoms in total. The molecule has 31 heavy (non-hydrogen) atoms. The Hall–Kier alpha value is -2.32. The van der Waals surface area contributed by atoms with Gasteiger partial charge in [0.15, 0.2) is 5.16 Å². The summed E-state index contributed by atoms with van der Waals surface area (Å²) in [6.45, 7) is 6.30. The van der Waals surface area contributed by atoms with E-state index in [1.807, 2.05) is 61.7 Å². The van der Waals surface area contributed by atoms with E-state index >= 15 is 0 Å². The zero-order chi connectivity index (χ0) is 22.6. The van der Waals surface area contributed by atoms with Crippen molar-refractivity contribution >= 4 is 50.6 Å². The molecule has 2 aromatic carbocycles. The van der Waals surface area contributed by atoms with Gasteiger partial charge in [-0.05, 0) is 48.2 Å². The van der Waals surface area contributed by atoms with Crippen molar-refractivity contribution in [2.24, 2.45) is 5.41 Å². The first-order chi connectivity index (χ1) is 14.7. The van der Waals surface area contributed by atoms with E-state index < -0.39 is 17.4 Å². The maximum Gasteiger partial charge on any atom is 0.327 e. The number of aliphatic carboxylic acids is 1. The third-order valence-electron chi connectivity index (χ3n) is 4.82. The monoisotopic (exact) mass is 503 g/mol. The number of hydrogen-bond donors (Lipinski definition) is 2. The van der Waals surface area contributed by atoms with Crippen LogP contribution >= 0.6 is 27.7 Å². The second-order valence-electron chi connectivity index (χ2n) is 8.32. The lowest BCUT2D eigenvalue weighted by Crippen LogP contribution is -2.32. The summed E-state index contributed by atoms with van der Waals surface area (Å²) >= 11 is 4.88. The molecule has 1 heterocycles. The molecule has 2 N–H and O–H groups in total. The molecular formula is C23H26BrN3O3S. The molecule has 1 unspecified atom stereocenters. The number of carboxylic acid groups (broad SMARTS) is 1. The van der Waals surface area contributed by atoms with E-state index in [-0.39, 0.29) is 5.91 Å². The molecule has 0 radical (unpaired) electrons. The number of para-hydroxylation sites is 2. The standard InChI is InChI=1S/C23H26BrN3O3S/c1-23(2,3)19(21(29)30)27-18-8-5-4-7-17(18)26-22(27)31-14-6-13-25-20(28)15-9-11-16(24)12-10-15/h4-5,7-12,19H,6,13-14H2,1-3H3,(H,25,28)(H,29,30). The fourth-order valence-electron chi connectivity index (χ4n) is 3.38. The van der Waals surface area contributed by atoms with Gasteiger partial charge in [-0.3, -0.25) is 4.79 Å². The Kier molecular flexibility index (Phi) is 7.43. The van der Waals surface area contributed by atoms with Crippen LogP contribution in [0.3, 0.4) is 0 Å². The largest absolute Gasteiger partial charge is 0.480 e. The minimum Gasteiger partial charge on any atom is -0.480 e. The average Bonchev–Trinajstić information content (AvgIpc) is 3.05. The lowest BCUT2D eigenvalue weighted by molar-refractivity contribution is -0.144. The highest BCUT2D eigenvalue weighted by Crippen LogP contribution is 2.37. The second kappa shape index (κ2) is 9.87. The van der Waals surface area contributed by atoms with Crippen molar-refractivity contribution in [3.8, 4) is 0 Å². The van der Waals surface area contributed by atoms with E-state index in [4.69, 9.17) is 0 Å². The molecule has 0 spiro atoms. The second-order valence-corrected chi connectivity index (χ2v) is 10.3. The fourth-order valence-corrected chi connectivity index (χ4v) is 4.62. The van der Waals surface area contributed by atoms with Crippen molar-refractivity contribution in [2.45, 2.75) is 38.4 Å². The van der Waals surface area contributed by atoms with Crippen LogP contribution in [0.25, 0.3) is 11.0 Å². The molecule has 164 valence electrons. The third kappa shape index (κ3) is 5.68. The van der Waals surface area contributed by atoms with Crippen molar-refractivity contribution < 1.29 is 14.7 Å². The number of benzene rings is 2. The van der Waals surface area contributed by atoms with Crippen LogP contribution in [0.1, 0.15) is 43.6 Å². The summed E-state index contributed by atoms with van der Waals surface area (Å²) in [5, 5.41) is 13.6. The van der Waals surface area contributed by atoms with E-state index in [9.17, 15) is 14.7 Å². The number of aromatic nitrogens is 2. The number of thioether (sulfide) groups is 1. The molecule has 8 heteroatoms. The van der Waals surface area contributed by atoms with Crippen LogP contribution in [0.5, 0.6) is 0 Å². The number of halogens is 1. The predicted octanol–water partition coefficient (Wildman–Crippen LogP) is 5.38.